The first-order valence-corrected chi connectivity index (χ1v) is 9.20. The molecule has 3 saturated heterocycles. The molecule has 0 bridgehead atoms. The van der Waals surface area contributed by atoms with E-state index in [2.05, 4.69) is 5.32 Å². The van der Waals surface area contributed by atoms with E-state index in [9.17, 15) is 18.0 Å². The lowest BCUT2D eigenvalue weighted by Gasteiger charge is -2.36. The zero-order valence-electron chi connectivity index (χ0n) is 16.3. The summed E-state index contributed by atoms with van der Waals surface area (Å²) in [5, 5.41) is 2.47. The van der Waals surface area contributed by atoms with E-state index in [4.69, 9.17) is 23.7 Å². The second-order valence-corrected chi connectivity index (χ2v) is 8.16. The minimum atomic E-state index is -4.52. The Bertz CT molecular complexity index is 811. The number of halogens is 3. The van der Waals surface area contributed by atoms with Gasteiger partial charge in [-0.25, -0.2) is 0 Å². The lowest BCUT2D eigenvalue weighted by atomic mass is 9.98. The topological polar surface area (TPSA) is 75.3 Å². The van der Waals surface area contributed by atoms with Gasteiger partial charge < -0.3 is 29.0 Å². The Hall–Kier alpha value is -1.72. The van der Waals surface area contributed by atoms with Crippen molar-refractivity contribution in [3.05, 3.63) is 29.8 Å². The number of rotatable bonds is 2. The van der Waals surface area contributed by atoms with Crippen LogP contribution in [0.3, 0.4) is 0 Å². The van der Waals surface area contributed by atoms with Crippen molar-refractivity contribution >= 4 is 11.6 Å². The van der Waals surface area contributed by atoms with Gasteiger partial charge in [-0.05, 0) is 45.9 Å². The summed E-state index contributed by atoms with van der Waals surface area (Å²) in [5.74, 6) is -2.59. The minimum Gasteiger partial charge on any atom is -0.342 e. The molecule has 0 spiro atoms. The molecular formula is C19H22F3NO6. The number of carbonyl (C=O) groups is 1. The highest BCUT2D eigenvalue weighted by molar-refractivity contribution is 5.95. The van der Waals surface area contributed by atoms with Crippen LogP contribution in [0.2, 0.25) is 0 Å². The molecule has 0 aromatic heterocycles. The van der Waals surface area contributed by atoms with Gasteiger partial charge in [0.05, 0.1) is 5.56 Å². The van der Waals surface area contributed by atoms with Crippen molar-refractivity contribution in [2.45, 2.75) is 76.2 Å². The second-order valence-electron chi connectivity index (χ2n) is 8.16. The molecule has 3 fully saturated rings. The SMILES string of the molecule is CC1(C)O[C@H]2[C@@H](O1)[C@H](C(=O)Nc1cccc(C(F)(F)F)c1)O[C@@H]1OC(C)(C)O[C@@H]12. The summed E-state index contributed by atoms with van der Waals surface area (Å²) in [6.45, 7) is 6.82. The van der Waals surface area contributed by atoms with Crippen LogP contribution in [0.25, 0.3) is 0 Å². The maximum absolute atomic E-state index is 12.9. The molecule has 7 nitrogen and oxygen atoms in total. The molecule has 1 aromatic carbocycles. The van der Waals surface area contributed by atoms with E-state index in [1.54, 1.807) is 27.7 Å². The molecule has 3 heterocycles. The number of hydrogen-bond donors (Lipinski definition) is 1. The monoisotopic (exact) mass is 417 g/mol. The predicted octanol–water partition coefficient (Wildman–Crippen LogP) is 3.04. The summed E-state index contributed by atoms with van der Waals surface area (Å²) in [6, 6.07) is 4.36. The van der Waals surface area contributed by atoms with E-state index in [0.717, 1.165) is 12.1 Å². The molecule has 0 saturated carbocycles. The summed E-state index contributed by atoms with van der Waals surface area (Å²) >= 11 is 0. The fraction of sp³-hybridized carbons (Fsp3) is 0.632. The Kier molecular flexibility index (Phi) is 4.71. The van der Waals surface area contributed by atoms with Crippen molar-refractivity contribution in [1.29, 1.82) is 0 Å². The highest BCUT2D eigenvalue weighted by Crippen LogP contribution is 2.44. The van der Waals surface area contributed by atoms with Crippen LogP contribution in [0.15, 0.2) is 24.3 Å². The standard InChI is InChI=1S/C19H22F3NO6/c1-17(2)26-11-12(27-17)14-16(29-18(3,4)28-14)25-13(11)15(24)23-10-7-5-6-9(8-10)19(20,21)22/h5-8,11-14,16H,1-4H3,(H,23,24)/t11-,12+,13-,14-,16-/m1/s1. The van der Waals surface area contributed by atoms with Crippen LogP contribution in [0, 0.1) is 0 Å². The number of alkyl halides is 3. The lowest BCUT2D eigenvalue weighted by Crippen LogP contribution is -2.58. The van der Waals surface area contributed by atoms with Gasteiger partial charge in [-0.1, -0.05) is 6.07 Å². The van der Waals surface area contributed by atoms with Crippen molar-refractivity contribution in [2.75, 3.05) is 5.32 Å². The molecule has 29 heavy (non-hydrogen) atoms. The van der Waals surface area contributed by atoms with E-state index >= 15 is 0 Å². The molecule has 0 radical (unpaired) electrons. The molecule has 10 heteroatoms. The van der Waals surface area contributed by atoms with Crippen LogP contribution in [-0.2, 0) is 34.7 Å². The molecule has 0 unspecified atom stereocenters. The Morgan fingerprint density at radius 3 is 2.28 bits per heavy atom. The number of carbonyl (C=O) groups excluding carboxylic acids is 1. The maximum atomic E-state index is 12.9. The summed E-state index contributed by atoms with van der Waals surface area (Å²) in [6.07, 6.45) is -8.60. The summed E-state index contributed by atoms with van der Waals surface area (Å²) in [4.78, 5) is 12.9. The van der Waals surface area contributed by atoms with Crippen LogP contribution < -0.4 is 5.32 Å². The molecule has 1 amide bonds. The number of hydrogen-bond acceptors (Lipinski definition) is 6. The van der Waals surface area contributed by atoms with Crippen molar-refractivity contribution in [1.82, 2.24) is 0 Å². The Morgan fingerprint density at radius 1 is 0.966 bits per heavy atom. The highest BCUT2D eigenvalue weighted by Gasteiger charge is 2.62. The van der Waals surface area contributed by atoms with Gasteiger partial charge in [0, 0.05) is 5.69 Å². The Balaban J connectivity index is 1.57. The largest absolute Gasteiger partial charge is 0.416 e. The van der Waals surface area contributed by atoms with E-state index in [1.807, 2.05) is 0 Å². The van der Waals surface area contributed by atoms with Crippen LogP contribution in [0.4, 0.5) is 18.9 Å². The number of nitrogens with one attached hydrogen (secondary N) is 1. The number of amides is 1. The van der Waals surface area contributed by atoms with Crippen molar-refractivity contribution in [2.24, 2.45) is 0 Å². The van der Waals surface area contributed by atoms with Crippen LogP contribution in [-0.4, -0.2) is 48.2 Å². The van der Waals surface area contributed by atoms with Gasteiger partial charge in [-0.15, -0.1) is 0 Å². The van der Waals surface area contributed by atoms with Crippen LogP contribution >= 0.6 is 0 Å². The molecule has 160 valence electrons. The van der Waals surface area contributed by atoms with Crippen LogP contribution in [0.5, 0.6) is 0 Å². The molecular weight excluding hydrogens is 395 g/mol. The first-order chi connectivity index (χ1) is 13.3. The van der Waals surface area contributed by atoms with Gasteiger partial charge >= 0.3 is 6.18 Å². The maximum Gasteiger partial charge on any atom is 0.416 e. The van der Waals surface area contributed by atoms with E-state index in [-0.39, 0.29) is 5.69 Å². The molecule has 0 aliphatic carbocycles. The minimum absolute atomic E-state index is 0.00538. The Morgan fingerprint density at radius 2 is 1.59 bits per heavy atom. The zero-order valence-corrected chi connectivity index (χ0v) is 16.3. The normalized spacial score (nSPS) is 35.1. The number of anilines is 1. The van der Waals surface area contributed by atoms with E-state index in [1.165, 1.54) is 12.1 Å². The van der Waals surface area contributed by atoms with Gasteiger partial charge in [-0.2, -0.15) is 13.2 Å². The molecule has 5 atom stereocenters. The fourth-order valence-electron chi connectivity index (χ4n) is 3.81. The van der Waals surface area contributed by atoms with E-state index in [0.29, 0.717) is 0 Å². The molecule has 1 aromatic rings. The lowest BCUT2D eigenvalue weighted by molar-refractivity contribution is -0.229. The van der Waals surface area contributed by atoms with E-state index < -0.39 is 59.9 Å². The quantitative estimate of drug-likeness (QED) is 0.797. The molecule has 3 aliphatic rings. The third-order valence-electron chi connectivity index (χ3n) is 4.87. The van der Waals surface area contributed by atoms with Gasteiger partial charge in [0.1, 0.15) is 18.3 Å². The molecule has 4 rings (SSSR count). The zero-order chi connectivity index (χ0) is 21.2. The first kappa shape index (κ1) is 20.5. The van der Waals surface area contributed by atoms with Crippen molar-refractivity contribution < 1.29 is 41.7 Å². The summed E-state index contributed by atoms with van der Waals surface area (Å²) < 4.78 is 67.9. The van der Waals surface area contributed by atoms with Crippen LogP contribution in [0.1, 0.15) is 33.3 Å². The van der Waals surface area contributed by atoms with Gasteiger partial charge in [0.25, 0.3) is 5.91 Å². The average Bonchev–Trinajstić information content (AvgIpc) is 3.07. The number of ether oxygens (including phenoxy) is 5. The predicted molar refractivity (Wildman–Crippen MR) is 92.6 cm³/mol. The molecule has 1 N–H and O–H groups in total. The highest BCUT2D eigenvalue weighted by atomic mass is 19.4. The van der Waals surface area contributed by atoms with Gasteiger partial charge in [0.2, 0.25) is 0 Å². The second kappa shape index (κ2) is 6.64. The van der Waals surface area contributed by atoms with Gasteiger partial charge in [-0.3, -0.25) is 4.79 Å². The fourth-order valence-corrected chi connectivity index (χ4v) is 3.81. The summed E-state index contributed by atoms with van der Waals surface area (Å²) in [5.41, 5.74) is -0.872. The third-order valence-corrected chi connectivity index (χ3v) is 4.87. The van der Waals surface area contributed by atoms with Gasteiger partial charge in [0.15, 0.2) is 24.0 Å². The molecule has 3 aliphatic heterocycles. The number of fused-ring (bicyclic) bond motifs is 3. The average molecular weight is 417 g/mol. The Labute approximate surface area is 165 Å². The smallest absolute Gasteiger partial charge is 0.342 e. The third kappa shape index (κ3) is 3.99. The summed E-state index contributed by atoms with van der Waals surface area (Å²) in [7, 11) is 0. The van der Waals surface area contributed by atoms with Crippen molar-refractivity contribution in [3.63, 3.8) is 0 Å². The number of benzene rings is 1. The first-order valence-electron chi connectivity index (χ1n) is 9.20. The van der Waals surface area contributed by atoms with Crippen molar-refractivity contribution in [3.8, 4) is 0 Å².